The maximum absolute atomic E-state index is 12.6. The highest BCUT2D eigenvalue weighted by molar-refractivity contribution is 6.30. The number of amides is 1. The molecular weight excluding hydrogens is 456 g/mol. The normalized spacial score (nSPS) is 10.7. The highest BCUT2D eigenvalue weighted by Crippen LogP contribution is 2.29. The van der Waals surface area contributed by atoms with E-state index in [1.54, 1.807) is 66.7 Å². The summed E-state index contributed by atoms with van der Waals surface area (Å²) in [6.07, 6.45) is 2.37. The van der Waals surface area contributed by atoms with Gasteiger partial charge in [0.2, 0.25) is 0 Å². The van der Waals surface area contributed by atoms with E-state index in [2.05, 4.69) is 10.5 Å². The van der Waals surface area contributed by atoms with Crippen LogP contribution in [0.2, 0.25) is 5.02 Å². The van der Waals surface area contributed by atoms with Gasteiger partial charge in [-0.2, -0.15) is 5.10 Å². The molecule has 7 nitrogen and oxygen atoms in total. The van der Waals surface area contributed by atoms with E-state index < -0.39 is 5.97 Å². The summed E-state index contributed by atoms with van der Waals surface area (Å²) < 4.78 is 16.7. The minimum Gasteiger partial charge on any atom is -0.494 e. The molecule has 34 heavy (non-hydrogen) atoms. The summed E-state index contributed by atoms with van der Waals surface area (Å²) in [5.74, 6) is 0.474. The summed E-state index contributed by atoms with van der Waals surface area (Å²) in [6, 6.07) is 18.2. The first-order valence-electron chi connectivity index (χ1n) is 10.8. The third kappa shape index (κ3) is 7.08. The fraction of sp³-hybridized carbons (Fsp3) is 0.192. The van der Waals surface area contributed by atoms with Crippen LogP contribution in [0.25, 0.3) is 0 Å². The zero-order valence-corrected chi connectivity index (χ0v) is 19.7. The maximum atomic E-state index is 12.6. The first kappa shape index (κ1) is 24.8. The average molecular weight is 481 g/mol. The Morgan fingerprint density at radius 3 is 2.29 bits per heavy atom. The molecule has 176 valence electrons. The van der Waals surface area contributed by atoms with Crippen LogP contribution in [0.5, 0.6) is 17.2 Å². The number of rotatable bonds is 10. The molecule has 1 N–H and O–H groups in total. The van der Waals surface area contributed by atoms with E-state index in [1.165, 1.54) is 6.21 Å². The van der Waals surface area contributed by atoms with Crippen molar-refractivity contribution in [1.29, 1.82) is 0 Å². The number of carbonyl (C=O) groups is 2. The van der Waals surface area contributed by atoms with Gasteiger partial charge in [-0.1, -0.05) is 18.5 Å². The number of ether oxygens (including phenoxy) is 3. The van der Waals surface area contributed by atoms with Gasteiger partial charge in [0.1, 0.15) is 5.75 Å². The smallest absolute Gasteiger partial charge is 0.343 e. The minimum atomic E-state index is -0.514. The quantitative estimate of drug-likeness (QED) is 0.179. The number of hydrazone groups is 1. The van der Waals surface area contributed by atoms with Crippen molar-refractivity contribution in [1.82, 2.24) is 5.43 Å². The van der Waals surface area contributed by atoms with Gasteiger partial charge in [-0.3, -0.25) is 4.79 Å². The van der Waals surface area contributed by atoms with Crippen molar-refractivity contribution in [3.8, 4) is 17.2 Å². The molecule has 1 amide bonds. The Balaban J connectivity index is 1.66. The standard InChI is InChI=1S/C26H25ClN2O5/c1-3-15-33-22-12-8-20(9-13-22)26(31)34-23-14-5-18(16-24(23)32-4-2)17-28-29-25(30)19-6-10-21(27)11-7-19/h5-14,16-17H,3-4,15H2,1-2H3,(H,29,30)/b28-17-. The molecule has 3 aromatic rings. The summed E-state index contributed by atoms with van der Waals surface area (Å²) in [7, 11) is 0. The molecule has 0 aliphatic carbocycles. The van der Waals surface area contributed by atoms with Crippen LogP contribution in [0.3, 0.4) is 0 Å². The Bertz CT molecular complexity index is 1140. The fourth-order valence-corrected chi connectivity index (χ4v) is 2.98. The molecule has 0 fully saturated rings. The van der Waals surface area contributed by atoms with Crippen LogP contribution in [-0.4, -0.2) is 31.3 Å². The number of nitrogens with zero attached hydrogens (tertiary/aromatic N) is 1. The molecule has 0 saturated carbocycles. The molecule has 0 aromatic heterocycles. The van der Waals surface area contributed by atoms with Crippen molar-refractivity contribution in [2.75, 3.05) is 13.2 Å². The average Bonchev–Trinajstić information content (AvgIpc) is 2.85. The Morgan fingerprint density at radius 1 is 0.912 bits per heavy atom. The van der Waals surface area contributed by atoms with E-state index in [0.29, 0.717) is 46.4 Å². The maximum Gasteiger partial charge on any atom is 0.343 e. The molecule has 0 saturated heterocycles. The van der Waals surface area contributed by atoms with Crippen molar-refractivity contribution in [3.63, 3.8) is 0 Å². The van der Waals surface area contributed by atoms with Gasteiger partial charge in [0.15, 0.2) is 11.5 Å². The van der Waals surface area contributed by atoms with Crippen LogP contribution in [-0.2, 0) is 0 Å². The van der Waals surface area contributed by atoms with Crippen molar-refractivity contribution < 1.29 is 23.8 Å². The second-order valence-electron chi connectivity index (χ2n) is 7.11. The first-order chi connectivity index (χ1) is 16.5. The molecule has 3 rings (SSSR count). The lowest BCUT2D eigenvalue weighted by Crippen LogP contribution is -2.17. The lowest BCUT2D eigenvalue weighted by atomic mass is 10.2. The monoisotopic (exact) mass is 480 g/mol. The Labute approximate surface area is 203 Å². The van der Waals surface area contributed by atoms with Crippen LogP contribution in [0, 0.1) is 0 Å². The van der Waals surface area contributed by atoms with Gasteiger partial charge >= 0.3 is 5.97 Å². The number of carbonyl (C=O) groups excluding carboxylic acids is 2. The van der Waals surface area contributed by atoms with E-state index in [1.807, 2.05) is 13.8 Å². The third-order valence-electron chi connectivity index (χ3n) is 4.52. The van der Waals surface area contributed by atoms with Crippen LogP contribution in [0.1, 0.15) is 46.5 Å². The summed E-state index contributed by atoms with van der Waals surface area (Å²) in [5, 5.41) is 4.52. The second-order valence-corrected chi connectivity index (χ2v) is 7.54. The van der Waals surface area contributed by atoms with Gasteiger partial charge in [0.05, 0.1) is 25.0 Å². The largest absolute Gasteiger partial charge is 0.494 e. The van der Waals surface area contributed by atoms with Crippen molar-refractivity contribution >= 4 is 29.7 Å². The molecule has 0 radical (unpaired) electrons. The number of nitrogens with one attached hydrogen (secondary N) is 1. The Morgan fingerprint density at radius 2 is 1.62 bits per heavy atom. The SMILES string of the molecule is CCCOc1ccc(C(=O)Oc2ccc(/C=N\NC(=O)c3ccc(Cl)cc3)cc2OCC)cc1. The highest BCUT2D eigenvalue weighted by atomic mass is 35.5. The van der Waals surface area contributed by atoms with Gasteiger partial charge in [-0.25, -0.2) is 10.2 Å². The molecular formula is C26H25ClN2O5. The molecule has 0 spiro atoms. The topological polar surface area (TPSA) is 86.2 Å². The molecule has 8 heteroatoms. The van der Waals surface area contributed by atoms with E-state index in [9.17, 15) is 9.59 Å². The molecule has 0 aliphatic heterocycles. The summed E-state index contributed by atoms with van der Waals surface area (Å²) in [4.78, 5) is 24.7. The predicted molar refractivity (Wildman–Crippen MR) is 131 cm³/mol. The van der Waals surface area contributed by atoms with Crippen LogP contribution >= 0.6 is 11.6 Å². The van der Waals surface area contributed by atoms with E-state index in [-0.39, 0.29) is 11.7 Å². The van der Waals surface area contributed by atoms with Gasteiger partial charge < -0.3 is 14.2 Å². The first-order valence-corrected chi connectivity index (χ1v) is 11.2. The number of esters is 1. The molecule has 0 atom stereocenters. The molecule has 3 aromatic carbocycles. The van der Waals surface area contributed by atoms with Gasteiger partial charge in [-0.15, -0.1) is 0 Å². The number of hydrogen-bond acceptors (Lipinski definition) is 6. The highest BCUT2D eigenvalue weighted by Gasteiger charge is 2.13. The van der Waals surface area contributed by atoms with Gasteiger partial charge in [0, 0.05) is 10.6 Å². The van der Waals surface area contributed by atoms with Crippen molar-refractivity contribution in [3.05, 3.63) is 88.4 Å². The zero-order chi connectivity index (χ0) is 24.3. The second kappa shape index (κ2) is 12.4. The lowest BCUT2D eigenvalue weighted by molar-refractivity contribution is 0.0728. The lowest BCUT2D eigenvalue weighted by Gasteiger charge is -2.12. The van der Waals surface area contributed by atoms with Crippen LogP contribution in [0.15, 0.2) is 71.8 Å². The summed E-state index contributed by atoms with van der Waals surface area (Å²) >= 11 is 5.83. The number of benzene rings is 3. The van der Waals surface area contributed by atoms with Gasteiger partial charge in [-0.05, 0) is 85.6 Å². The minimum absolute atomic E-state index is 0.278. The number of hydrogen-bond donors (Lipinski definition) is 1. The van der Waals surface area contributed by atoms with Crippen molar-refractivity contribution in [2.45, 2.75) is 20.3 Å². The van der Waals surface area contributed by atoms with Crippen LogP contribution in [0.4, 0.5) is 0 Å². The van der Waals surface area contributed by atoms with Crippen LogP contribution < -0.4 is 19.6 Å². The summed E-state index contributed by atoms with van der Waals surface area (Å²) in [5.41, 5.74) is 3.93. The fourth-order valence-electron chi connectivity index (χ4n) is 2.85. The molecule has 0 unspecified atom stereocenters. The van der Waals surface area contributed by atoms with E-state index >= 15 is 0 Å². The Hall–Kier alpha value is -3.84. The van der Waals surface area contributed by atoms with Crippen molar-refractivity contribution in [2.24, 2.45) is 5.10 Å². The van der Waals surface area contributed by atoms with E-state index in [4.69, 9.17) is 25.8 Å². The zero-order valence-electron chi connectivity index (χ0n) is 18.9. The molecule has 0 aliphatic rings. The molecule has 0 heterocycles. The molecule has 0 bridgehead atoms. The third-order valence-corrected chi connectivity index (χ3v) is 4.77. The van der Waals surface area contributed by atoms with Gasteiger partial charge in [0.25, 0.3) is 5.91 Å². The predicted octanol–water partition coefficient (Wildman–Crippen LogP) is 5.51. The van der Waals surface area contributed by atoms with E-state index in [0.717, 1.165) is 6.42 Å². The summed E-state index contributed by atoms with van der Waals surface area (Å²) in [6.45, 7) is 4.84. The Kier molecular flexibility index (Phi) is 9.05. The number of halogens is 1.